The van der Waals surface area contributed by atoms with Crippen LogP contribution < -0.4 is 5.73 Å². The Bertz CT molecular complexity index is 476. The van der Waals surface area contributed by atoms with Crippen LogP contribution in [0.3, 0.4) is 0 Å². The first-order valence-electron chi connectivity index (χ1n) is 7.52. The second-order valence-electron chi connectivity index (χ2n) is 6.02. The topological polar surface area (TPSA) is 49.6 Å². The molecular formula is C16H23N3O. The molecule has 2 heterocycles. The zero-order valence-electron chi connectivity index (χ0n) is 12.0. The van der Waals surface area contributed by atoms with Gasteiger partial charge in [0.1, 0.15) is 6.04 Å². The Labute approximate surface area is 120 Å². The zero-order valence-corrected chi connectivity index (χ0v) is 12.0. The molecule has 2 aliphatic rings. The summed E-state index contributed by atoms with van der Waals surface area (Å²) < 4.78 is 0. The largest absolute Gasteiger partial charge is 0.335 e. The number of nitrogens with zero attached hydrogens (tertiary/aromatic N) is 2. The number of carbonyl (C=O) groups is 1. The highest BCUT2D eigenvalue weighted by Gasteiger charge is 2.37. The summed E-state index contributed by atoms with van der Waals surface area (Å²) in [6.07, 6.45) is 2.46. The van der Waals surface area contributed by atoms with E-state index in [0.29, 0.717) is 6.04 Å². The fraction of sp³-hybridized carbons (Fsp3) is 0.562. The van der Waals surface area contributed by atoms with E-state index >= 15 is 0 Å². The van der Waals surface area contributed by atoms with Crippen molar-refractivity contribution in [2.45, 2.75) is 37.9 Å². The van der Waals surface area contributed by atoms with Gasteiger partial charge < -0.3 is 10.6 Å². The highest BCUT2D eigenvalue weighted by atomic mass is 16.2. The van der Waals surface area contributed by atoms with Gasteiger partial charge in [0, 0.05) is 25.2 Å². The highest BCUT2D eigenvalue weighted by Crippen LogP contribution is 2.26. The van der Waals surface area contributed by atoms with Crippen LogP contribution in [-0.2, 0) is 4.79 Å². The molecule has 0 bridgehead atoms. The molecule has 1 amide bonds. The molecule has 2 N–H and O–H groups in total. The molecule has 1 aromatic rings. The first kappa shape index (κ1) is 13.6. The molecule has 0 radical (unpaired) electrons. The summed E-state index contributed by atoms with van der Waals surface area (Å²) in [4.78, 5) is 17.2. The number of nitrogens with two attached hydrogens (primary N) is 1. The molecule has 0 aliphatic carbocycles. The smallest absolute Gasteiger partial charge is 0.244 e. The lowest BCUT2D eigenvalue weighted by Crippen LogP contribution is -2.58. The average molecular weight is 273 g/mol. The van der Waals surface area contributed by atoms with E-state index in [2.05, 4.69) is 11.8 Å². The Hall–Kier alpha value is -1.39. The Morgan fingerprint density at radius 3 is 2.80 bits per heavy atom. The first-order chi connectivity index (χ1) is 9.66. The summed E-state index contributed by atoms with van der Waals surface area (Å²) in [5, 5.41) is 0. The quantitative estimate of drug-likeness (QED) is 0.885. The number of fused-ring (bicyclic) bond motifs is 1. The molecule has 2 fully saturated rings. The van der Waals surface area contributed by atoms with Gasteiger partial charge in [-0.2, -0.15) is 0 Å². The molecule has 108 valence electrons. The van der Waals surface area contributed by atoms with E-state index in [1.807, 2.05) is 35.2 Å². The van der Waals surface area contributed by atoms with E-state index in [0.717, 1.165) is 18.7 Å². The lowest BCUT2D eigenvalue weighted by Gasteiger charge is -2.43. The maximum atomic E-state index is 12.7. The van der Waals surface area contributed by atoms with Gasteiger partial charge in [-0.3, -0.25) is 9.69 Å². The van der Waals surface area contributed by atoms with Crippen LogP contribution in [0.1, 0.15) is 31.4 Å². The lowest BCUT2D eigenvalue weighted by molar-refractivity contribution is -0.138. The Morgan fingerprint density at radius 2 is 2.05 bits per heavy atom. The maximum Gasteiger partial charge on any atom is 0.244 e. The minimum Gasteiger partial charge on any atom is -0.335 e. The first-order valence-corrected chi connectivity index (χ1v) is 7.52. The van der Waals surface area contributed by atoms with E-state index < -0.39 is 6.04 Å². The van der Waals surface area contributed by atoms with Gasteiger partial charge in [0.15, 0.2) is 0 Å². The minimum atomic E-state index is -0.536. The Kier molecular flexibility index (Phi) is 3.76. The number of amides is 1. The highest BCUT2D eigenvalue weighted by molar-refractivity contribution is 5.83. The van der Waals surface area contributed by atoms with Crippen molar-refractivity contribution in [1.29, 1.82) is 0 Å². The molecule has 0 aromatic heterocycles. The Morgan fingerprint density at radius 1 is 1.30 bits per heavy atom. The number of hydrogen-bond acceptors (Lipinski definition) is 3. The molecule has 4 nitrogen and oxygen atoms in total. The maximum absolute atomic E-state index is 12.7. The van der Waals surface area contributed by atoms with Crippen molar-refractivity contribution in [1.82, 2.24) is 9.80 Å². The van der Waals surface area contributed by atoms with Gasteiger partial charge in [0.05, 0.1) is 0 Å². The van der Waals surface area contributed by atoms with E-state index in [1.165, 1.54) is 19.4 Å². The minimum absolute atomic E-state index is 0.0650. The number of piperazine rings is 1. The molecule has 2 aliphatic heterocycles. The second kappa shape index (κ2) is 5.54. The number of rotatable bonds is 2. The molecule has 0 saturated carbocycles. The molecule has 3 rings (SSSR count). The van der Waals surface area contributed by atoms with Gasteiger partial charge in [0.2, 0.25) is 5.91 Å². The molecular weight excluding hydrogens is 250 g/mol. The van der Waals surface area contributed by atoms with Crippen molar-refractivity contribution in [3.8, 4) is 0 Å². The summed E-state index contributed by atoms with van der Waals surface area (Å²) >= 11 is 0. The molecule has 0 spiro atoms. The molecule has 2 saturated heterocycles. The molecule has 0 unspecified atom stereocenters. The normalized spacial score (nSPS) is 28.2. The summed E-state index contributed by atoms with van der Waals surface area (Å²) in [6, 6.07) is 9.93. The fourth-order valence-electron chi connectivity index (χ4n) is 3.48. The second-order valence-corrected chi connectivity index (χ2v) is 6.02. The lowest BCUT2D eigenvalue weighted by atomic mass is 10.0. The van der Waals surface area contributed by atoms with Crippen molar-refractivity contribution in [2.24, 2.45) is 5.73 Å². The van der Waals surface area contributed by atoms with Gasteiger partial charge in [-0.25, -0.2) is 0 Å². The third-order valence-electron chi connectivity index (χ3n) is 4.65. The summed E-state index contributed by atoms with van der Waals surface area (Å²) in [5.74, 6) is 0.0650. The van der Waals surface area contributed by atoms with Crippen LogP contribution in [0.5, 0.6) is 0 Å². The van der Waals surface area contributed by atoms with Gasteiger partial charge >= 0.3 is 0 Å². The predicted octanol–water partition coefficient (Wildman–Crippen LogP) is 1.38. The van der Waals surface area contributed by atoms with E-state index in [4.69, 9.17) is 5.73 Å². The molecule has 4 heteroatoms. The van der Waals surface area contributed by atoms with Crippen LogP contribution in [0, 0.1) is 0 Å². The average Bonchev–Trinajstić information content (AvgIpc) is 2.93. The predicted molar refractivity (Wildman–Crippen MR) is 79.1 cm³/mol. The van der Waals surface area contributed by atoms with E-state index in [9.17, 15) is 4.79 Å². The van der Waals surface area contributed by atoms with Crippen LogP contribution in [0.15, 0.2) is 30.3 Å². The van der Waals surface area contributed by atoms with Crippen molar-refractivity contribution in [3.63, 3.8) is 0 Å². The van der Waals surface area contributed by atoms with Crippen LogP contribution in [-0.4, -0.2) is 47.4 Å². The van der Waals surface area contributed by atoms with Gasteiger partial charge in [-0.15, -0.1) is 0 Å². The molecule has 20 heavy (non-hydrogen) atoms. The van der Waals surface area contributed by atoms with Gasteiger partial charge in [0.25, 0.3) is 0 Å². The summed E-state index contributed by atoms with van der Waals surface area (Å²) in [6.45, 7) is 5.13. The van der Waals surface area contributed by atoms with Crippen LogP contribution >= 0.6 is 0 Å². The van der Waals surface area contributed by atoms with Crippen molar-refractivity contribution in [2.75, 3.05) is 19.6 Å². The number of carbonyl (C=O) groups excluding carboxylic acids is 1. The van der Waals surface area contributed by atoms with Gasteiger partial charge in [-0.05, 0) is 31.9 Å². The van der Waals surface area contributed by atoms with E-state index in [1.54, 1.807) is 0 Å². The van der Waals surface area contributed by atoms with Crippen LogP contribution in [0.2, 0.25) is 0 Å². The van der Waals surface area contributed by atoms with E-state index in [-0.39, 0.29) is 11.9 Å². The van der Waals surface area contributed by atoms with Crippen LogP contribution in [0.25, 0.3) is 0 Å². The van der Waals surface area contributed by atoms with Gasteiger partial charge in [-0.1, -0.05) is 30.3 Å². The monoisotopic (exact) mass is 273 g/mol. The molecule has 1 aromatic carbocycles. The number of hydrogen-bond donors (Lipinski definition) is 1. The third kappa shape index (κ3) is 2.45. The molecule has 3 atom stereocenters. The SMILES string of the molecule is C[C@@H]1CN2CCC[C@@H]2CN1C(=O)[C@H](N)c1ccccc1. The van der Waals surface area contributed by atoms with Crippen LogP contribution in [0.4, 0.5) is 0 Å². The standard InChI is InChI=1S/C16H23N3O/c1-12-10-18-9-5-8-14(18)11-19(12)16(20)15(17)13-6-3-2-4-7-13/h2-4,6-7,12,14-15H,5,8-11,17H2,1H3/t12-,14-,15-/m1/s1. The van der Waals surface area contributed by atoms with Crippen molar-refractivity contribution < 1.29 is 4.79 Å². The summed E-state index contributed by atoms with van der Waals surface area (Å²) in [7, 11) is 0. The van der Waals surface area contributed by atoms with Crippen molar-refractivity contribution >= 4 is 5.91 Å². The third-order valence-corrected chi connectivity index (χ3v) is 4.65. The zero-order chi connectivity index (χ0) is 14.1. The fourth-order valence-corrected chi connectivity index (χ4v) is 3.48. The summed E-state index contributed by atoms with van der Waals surface area (Å²) in [5.41, 5.74) is 7.07. The number of benzene rings is 1. The Balaban J connectivity index is 1.73. The van der Waals surface area contributed by atoms with Crippen molar-refractivity contribution in [3.05, 3.63) is 35.9 Å².